The number of aromatic nitrogens is 1. The molecular weight excluding hydrogens is 289 g/mol. The van der Waals surface area contributed by atoms with Gasteiger partial charge in [0.05, 0.1) is 5.69 Å². The van der Waals surface area contributed by atoms with Crippen molar-refractivity contribution in [3.05, 3.63) is 17.0 Å². The Hall–Kier alpha value is -1.92. The van der Waals surface area contributed by atoms with E-state index in [1.165, 1.54) is 0 Å². The summed E-state index contributed by atoms with van der Waals surface area (Å²) < 4.78 is 19.7. The molecule has 2 heterocycles. The van der Waals surface area contributed by atoms with Gasteiger partial charge in [0.1, 0.15) is 11.3 Å². The Balaban J connectivity index is 1.63. The first-order chi connectivity index (χ1) is 10.4. The maximum atomic E-state index is 14.7. The van der Waals surface area contributed by atoms with Crippen LogP contribution in [0.4, 0.5) is 4.39 Å². The summed E-state index contributed by atoms with van der Waals surface area (Å²) in [5.74, 6) is -0.272. The Morgan fingerprint density at radius 3 is 2.45 bits per heavy atom. The third kappa shape index (κ3) is 2.71. The maximum absolute atomic E-state index is 14.7. The number of piperidine rings is 1. The van der Waals surface area contributed by atoms with Gasteiger partial charge in [0, 0.05) is 32.0 Å². The fourth-order valence-corrected chi connectivity index (χ4v) is 2.78. The summed E-state index contributed by atoms with van der Waals surface area (Å²) in [5.41, 5.74) is -0.891. The lowest BCUT2D eigenvalue weighted by Gasteiger charge is -2.35. The molecule has 0 unspecified atom stereocenters. The number of likely N-dealkylation sites (tertiary alicyclic amines) is 1. The van der Waals surface area contributed by atoms with Crippen molar-refractivity contribution in [2.45, 2.75) is 51.2 Å². The van der Waals surface area contributed by atoms with Crippen LogP contribution in [0.15, 0.2) is 4.52 Å². The lowest BCUT2D eigenvalue weighted by atomic mass is 9.92. The van der Waals surface area contributed by atoms with Gasteiger partial charge in [-0.2, -0.15) is 0 Å². The number of carbonyl (C=O) groups is 2. The Bertz CT molecular complexity index is 582. The summed E-state index contributed by atoms with van der Waals surface area (Å²) in [6.45, 7) is 3.82. The SMILES string of the molecule is Cc1noc(C)c1C(=O)N1CCC(F)(C(=O)NC2CC2)CC1. The normalized spacial score (nSPS) is 20.8. The zero-order chi connectivity index (χ0) is 15.9. The zero-order valence-corrected chi connectivity index (χ0v) is 12.8. The second kappa shape index (κ2) is 5.37. The third-order valence-electron chi connectivity index (χ3n) is 4.41. The van der Waals surface area contributed by atoms with Crippen molar-refractivity contribution in [1.29, 1.82) is 0 Å². The summed E-state index contributed by atoms with van der Waals surface area (Å²) in [5, 5.41) is 6.48. The number of halogens is 1. The number of nitrogens with zero attached hydrogens (tertiary/aromatic N) is 2. The molecule has 1 aromatic rings. The molecule has 1 N–H and O–H groups in total. The van der Waals surface area contributed by atoms with Crippen molar-refractivity contribution in [2.75, 3.05) is 13.1 Å². The minimum atomic E-state index is -1.86. The van der Waals surface area contributed by atoms with Crippen LogP contribution < -0.4 is 5.32 Å². The summed E-state index contributed by atoms with van der Waals surface area (Å²) in [4.78, 5) is 26.0. The molecule has 22 heavy (non-hydrogen) atoms. The van der Waals surface area contributed by atoms with Crippen molar-refractivity contribution in [2.24, 2.45) is 0 Å². The van der Waals surface area contributed by atoms with Crippen molar-refractivity contribution in [3.8, 4) is 0 Å². The highest BCUT2D eigenvalue weighted by Gasteiger charge is 2.44. The molecule has 0 aromatic carbocycles. The average molecular weight is 309 g/mol. The monoisotopic (exact) mass is 309 g/mol. The van der Waals surface area contributed by atoms with Crippen LogP contribution in [-0.2, 0) is 4.79 Å². The third-order valence-corrected chi connectivity index (χ3v) is 4.41. The van der Waals surface area contributed by atoms with Crippen molar-refractivity contribution in [1.82, 2.24) is 15.4 Å². The molecule has 1 saturated carbocycles. The molecular formula is C15H20FN3O3. The van der Waals surface area contributed by atoms with Crippen LogP contribution in [0.25, 0.3) is 0 Å². The topological polar surface area (TPSA) is 75.4 Å². The number of nitrogens with one attached hydrogen (secondary N) is 1. The largest absolute Gasteiger partial charge is 0.361 e. The number of hydrogen-bond donors (Lipinski definition) is 1. The Labute approximate surface area is 128 Å². The van der Waals surface area contributed by atoms with Crippen molar-refractivity contribution < 1.29 is 18.5 Å². The second-order valence-electron chi connectivity index (χ2n) is 6.20. The first-order valence-corrected chi connectivity index (χ1v) is 7.63. The smallest absolute Gasteiger partial charge is 0.259 e. The molecule has 120 valence electrons. The first-order valence-electron chi connectivity index (χ1n) is 7.63. The molecule has 6 nitrogen and oxygen atoms in total. The first kappa shape index (κ1) is 15.0. The molecule has 2 aliphatic rings. The molecule has 2 amide bonds. The van der Waals surface area contributed by atoms with E-state index in [9.17, 15) is 14.0 Å². The quantitative estimate of drug-likeness (QED) is 0.918. The molecule has 1 aromatic heterocycles. The molecule has 3 rings (SSSR count). The second-order valence-corrected chi connectivity index (χ2v) is 6.20. The summed E-state index contributed by atoms with van der Waals surface area (Å²) in [6, 6.07) is 0.141. The van der Waals surface area contributed by atoms with E-state index in [1.54, 1.807) is 18.7 Å². The van der Waals surface area contributed by atoms with Crippen LogP contribution in [-0.4, -0.2) is 46.7 Å². The Morgan fingerprint density at radius 2 is 1.95 bits per heavy atom. The highest BCUT2D eigenvalue weighted by molar-refractivity contribution is 5.96. The molecule has 0 bridgehead atoms. The van der Waals surface area contributed by atoms with Gasteiger partial charge in [-0.1, -0.05) is 5.16 Å². The highest BCUT2D eigenvalue weighted by Crippen LogP contribution is 2.30. The minimum Gasteiger partial charge on any atom is -0.361 e. The van der Waals surface area contributed by atoms with E-state index in [0.29, 0.717) is 17.0 Å². The van der Waals surface area contributed by atoms with Gasteiger partial charge >= 0.3 is 0 Å². The number of alkyl halides is 1. The van der Waals surface area contributed by atoms with Gasteiger partial charge in [-0.3, -0.25) is 9.59 Å². The van der Waals surface area contributed by atoms with Crippen LogP contribution in [0.5, 0.6) is 0 Å². The Morgan fingerprint density at radius 1 is 1.32 bits per heavy atom. The van der Waals surface area contributed by atoms with E-state index in [1.807, 2.05) is 0 Å². The number of rotatable bonds is 3. The number of aryl methyl sites for hydroxylation is 2. The molecule has 1 aliphatic carbocycles. The van der Waals surface area contributed by atoms with Gasteiger partial charge in [-0.05, 0) is 26.7 Å². The standard InChI is InChI=1S/C15H20FN3O3/c1-9-12(10(2)22-18-9)13(20)19-7-5-15(16,6-8-19)14(21)17-11-3-4-11/h11H,3-8H2,1-2H3,(H,17,21). The minimum absolute atomic E-state index is 0.0284. The van der Waals surface area contributed by atoms with Crippen LogP contribution in [0.2, 0.25) is 0 Å². The number of carbonyl (C=O) groups excluding carboxylic acids is 2. The summed E-state index contributed by atoms with van der Waals surface area (Å²) in [7, 11) is 0. The molecule has 0 spiro atoms. The molecule has 1 saturated heterocycles. The average Bonchev–Trinajstić information content (AvgIpc) is 3.23. The van der Waals surface area contributed by atoms with Gasteiger partial charge < -0.3 is 14.7 Å². The Kier molecular flexibility index (Phi) is 3.66. The predicted octanol–water partition coefficient (Wildman–Crippen LogP) is 1.51. The number of amides is 2. The highest BCUT2D eigenvalue weighted by atomic mass is 19.1. The van der Waals surface area contributed by atoms with E-state index in [4.69, 9.17) is 4.52 Å². The van der Waals surface area contributed by atoms with E-state index in [2.05, 4.69) is 10.5 Å². The lowest BCUT2D eigenvalue weighted by Crippen LogP contribution is -2.52. The van der Waals surface area contributed by atoms with Gasteiger partial charge in [0.15, 0.2) is 5.67 Å². The van der Waals surface area contributed by atoms with Crippen molar-refractivity contribution >= 4 is 11.8 Å². The number of hydrogen-bond acceptors (Lipinski definition) is 4. The molecule has 7 heteroatoms. The summed E-state index contributed by atoms with van der Waals surface area (Å²) in [6.07, 6.45) is 1.91. The van der Waals surface area contributed by atoms with Crippen molar-refractivity contribution in [3.63, 3.8) is 0 Å². The van der Waals surface area contributed by atoms with Crippen LogP contribution in [0.3, 0.4) is 0 Å². The van der Waals surface area contributed by atoms with Gasteiger partial charge in [-0.15, -0.1) is 0 Å². The van der Waals surface area contributed by atoms with E-state index < -0.39 is 11.6 Å². The molecule has 0 radical (unpaired) electrons. The lowest BCUT2D eigenvalue weighted by molar-refractivity contribution is -0.135. The fraction of sp³-hybridized carbons (Fsp3) is 0.667. The van der Waals surface area contributed by atoms with E-state index in [-0.39, 0.29) is 37.9 Å². The zero-order valence-electron chi connectivity index (χ0n) is 12.8. The van der Waals surface area contributed by atoms with Gasteiger partial charge in [-0.25, -0.2) is 4.39 Å². The fourth-order valence-electron chi connectivity index (χ4n) is 2.78. The predicted molar refractivity (Wildman–Crippen MR) is 76.1 cm³/mol. The van der Waals surface area contributed by atoms with Crippen LogP contribution >= 0.6 is 0 Å². The van der Waals surface area contributed by atoms with Gasteiger partial charge in [0.2, 0.25) is 0 Å². The molecule has 2 fully saturated rings. The van der Waals surface area contributed by atoms with Crippen LogP contribution in [0.1, 0.15) is 47.5 Å². The molecule has 0 atom stereocenters. The van der Waals surface area contributed by atoms with E-state index in [0.717, 1.165) is 12.8 Å². The maximum Gasteiger partial charge on any atom is 0.259 e. The van der Waals surface area contributed by atoms with Gasteiger partial charge in [0.25, 0.3) is 11.8 Å². The van der Waals surface area contributed by atoms with Crippen LogP contribution in [0, 0.1) is 13.8 Å². The van der Waals surface area contributed by atoms with E-state index >= 15 is 0 Å². The molecule has 1 aliphatic heterocycles. The summed E-state index contributed by atoms with van der Waals surface area (Å²) >= 11 is 0.